The second-order valence-electron chi connectivity index (χ2n) is 3.79. The quantitative estimate of drug-likeness (QED) is 0.458. The van der Waals surface area contributed by atoms with Crippen molar-refractivity contribution in [1.29, 1.82) is 5.26 Å². The molecule has 0 atom stereocenters. The van der Waals surface area contributed by atoms with Gasteiger partial charge in [-0.2, -0.15) is 5.26 Å². The van der Waals surface area contributed by atoms with Gasteiger partial charge in [-0.1, -0.05) is 27.7 Å². The molecule has 0 fully saturated rings. The third kappa shape index (κ3) is 5.72. The lowest BCUT2D eigenvalue weighted by Crippen LogP contribution is -2.26. The van der Waals surface area contributed by atoms with E-state index in [1.165, 1.54) is 0 Å². The van der Waals surface area contributed by atoms with Crippen molar-refractivity contribution >= 4 is 0 Å². The second-order valence-corrected chi connectivity index (χ2v) is 3.79. The van der Waals surface area contributed by atoms with Gasteiger partial charge in [0.2, 0.25) is 0 Å². The van der Waals surface area contributed by atoms with Gasteiger partial charge in [-0.15, -0.1) is 0 Å². The van der Waals surface area contributed by atoms with Gasteiger partial charge in [0, 0.05) is 13.1 Å². The van der Waals surface area contributed by atoms with Crippen LogP contribution in [0, 0.1) is 23.3 Å². The molecule has 0 aliphatic rings. The first-order valence-electron chi connectivity index (χ1n) is 4.21. The molecule has 0 aliphatic carbocycles. The molecule has 0 aromatic rings. The Hall–Kier alpha value is -0.710. The second kappa shape index (κ2) is 5.01. The van der Waals surface area contributed by atoms with Gasteiger partial charge in [0.1, 0.15) is 0 Å². The highest BCUT2D eigenvalue weighted by Crippen LogP contribution is 2.01. The Labute approximate surface area is 69.8 Å². The normalized spacial score (nSPS) is 10.3. The lowest BCUT2D eigenvalue weighted by atomic mass is 10.1. The zero-order chi connectivity index (χ0) is 8.85. The summed E-state index contributed by atoms with van der Waals surface area (Å²) < 4.78 is 0. The van der Waals surface area contributed by atoms with E-state index in [-0.39, 0.29) is 0 Å². The van der Waals surface area contributed by atoms with Crippen LogP contribution in [0.25, 0.3) is 0 Å². The fourth-order valence-electron chi connectivity index (χ4n) is 1.04. The first kappa shape index (κ1) is 10.3. The van der Waals surface area contributed by atoms with Gasteiger partial charge >= 0.3 is 0 Å². The summed E-state index contributed by atoms with van der Waals surface area (Å²) in [6.45, 7) is 10.3. The van der Waals surface area contributed by atoms with Crippen LogP contribution in [0.3, 0.4) is 0 Å². The van der Waals surface area contributed by atoms with Crippen molar-refractivity contribution in [3.8, 4) is 6.19 Å². The van der Waals surface area contributed by atoms with Crippen LogP contribution in [0.4, 0.5) is 0 Å². The highest BCUT2D eigenvalue weighted by atomic mass is 15.1. The van der Waals surface area contributed by atoms with Crippen molar-refractivity contribution in [3.05, 3.63) is 0 Å². The van der Waals surface area contributed by atoms with E-state index in [4.69, 9.17) is 5.26 Å². The maximum atomic E-state index is 8.70. The number of rotatable bonds is 4. The molecule has 0 saturated carbocycles. The molecule has 0 amide bonds. The van der Waals surface area contributed by atoms with Gasteiger partial charge < -0.3 is 4.90 Å². The molecule has 0 aliphatic heterocycles. The van der Waals surface area contributed by atoms with Crippen molar-refractivity contribution in [2.24, 2.45) is 11.8 Å². The summed E-state index contributed by atoms with van der Waals surface area (Å²) in [7, 11) is 0. The van der Waals surface area contributed by atoms with E-state index >= 15 is 0 Å². The zero-order valence-electron chi connectivity index (χ0n) is 7.96. The molecule has 64 valence electrons. The minimum atomic E-state index is 0.577. The fourth-order valence-corrected chi connectivity index (χ4v) is 1.04. The Morgan fingerprint density at radius 2 is 1.45 bits per heavy atom. The first-order valence-corrected chi connectivity index (χ1v) is 4.21. The molecule has 11 heavy (non-hydrogen) atoms. The van der Waals surface area contributed by atoms with Crippen LogP contribution in [-0.4, -0.2) is 18.0 Å². The molecule has 0 saturated heterocycles. The van der Waals surface area contributed by atoms with Crippen molar-refractivity contribution in [3.63, 3.8) is 0 Å². The Balaban J connectivity index is 3.70. The number of nitrogens with zero attached hydrogens (tertiary/aromatic N) is 2. The maximum Gasteiger partial charge on any atom is 0.179 e. The predicted molar refractivity (Wildman–Crippen MR) is 46.9 cm³/mol. The van der Waals surface area contributed by atoms with Gasteiger partial charge in [0.05, 0.1) is 0 Å². The highest BCUT2D eigenvalue weighted by Gasteiger charge is 2.05. The molecule has 0 spiro atoms. The number of nitriles is 1. The SMILES string of the molecule is CC(C)CN(C#N)CC(C)C. The Kier molecular flexibility index (Phi) is 4.69. The summed E-state index contributed by atoms with van der Waals surface area (Å²) in [5.74, 6) is 1.15. The molecule has 0 rings (SSSR count). The number of hydrogen-bond donors (Lipinski definition) is 0. The Bertz CT molecular complexity index is 123. The fraction of sp³-hybridized carbons (Fsp3) is 0.889. The Morgan fingerprint density at radius 1 is 1.09 bits per heavy atom. The molecule has 2 heteroatoms. The summed E-state index contributed by atoms with van der Waals surface area (Å²) in [6.07, 6.45) is 2.20. The van der Waals surface area contributed by atoms with Crippen LogP contribution in [0.5, 0.6) is 0 Å². The maximum absolute atomic E-state index is 8.70. The van der Waals surface area contributed by atoms with Gasteiger partial charge in [-0.25, -0.2) is 0 Å². The van der Waals surface area contributed by atoms with Crippen molar-refractivity contribution in [1.82, 2.24) is 4.90 Å². The summed E-state index contributed by atoms with van der Waals surface area (Å²) in [6, 6.07) is 0. The molecular weight excluding hydrogens is 136 g/mol. The minimum absolute atomic E-state index is 0.577. The van der Waals surface area contributed by atoms with Gasteiger partial charge in [-0.3, -0.25) is 0 Å². The van der Waals surface area contributed by atoms with E-state index in [9.17, 15) is 0 Å². The average molecular weight is 154 g/mol. The van der Waals surface area contributed by atoms with E-state index in [1.54, 1.807) is 0 Å². The van der Waals surface area contributed by atoms with Gasteiger partial charge in [-0.05, 0) is 11.8 Å². The summed E-state index contributed by atoms with van der Waals surface area (Å²) in [5.41, 5.74) is 0. The molecule has 0 N–H and O–H groups in total. The van der Waals surface area contributed by atoms with Crippen molar-refractivity contribution in [2.75, 3.05) is 13.1 Å². The minimum Gasteiger partial charge on any atom is -0.310 e. The molecule has 0 radical (unpaired) electrons. The van der Waals surface area contributed by atoms with Crippen LogP contribution >= 0.6 is 0 Å². The molecule has 0 bridgehead atoms. The average Bonchev–Trinajstić information content (AvgIpc) is 1.84. The van der Waals surface area contributed by atoms with E-state index in [0.717, 1.165) is 13.1 Å². The summed E-state index contributed by atoms with van der Waals surface area (Å²) in [5, 5.41) is 8.70. The van der Waals surface area contributed by atoms with E-state index in [2.05, 4.69) is 33.9 Å². The van der Waals surface area contributed by atoms with Crippen LogP contribution in [-0.2, 0) is 0 Å². The molecule has 0 unspecified atom stereocenters. The van der Waals surface area contributed by atoms with Crippen LogP contribution in [0.2, 0.25) is 0 Å². The third-order valence-corrected chi connectivity index (χ3v) is 1.31. The lowest BCUT2D eigenvalue weighted by molar-refractivity contribution is 0.308. The monoisotopic (exact) mass is 154 g/mol. The van der Waals surface area contributed by atoms with Gasteiger partial charge in [0.25, 0.3) is 0 Å². The summed E-state index contributed by atoms with van der Waals surface area (Å²) in [4.78, 5) is 1.83. The zero-order valence-corrected chi connectivity index (χ0v) is 7.96. The van der Waals surface area contributed by atoms with Crippen LogP contribution in [0.1, 0.15) is 27.7 Å². The van der Waals surface area contributed by atoms with Crippen molar-refractivity contribution in [2.45, 2.75) is 27.7 Å². The van der Waals surface area contributed by atoms with Crippen LogP contribution in [0.15, 0.2) is 0 Å². The molecule has 2 nitrogen and oxygen atoms in total. The van der Waals surface area contributed by atoms with E-state index in [0.29, 0.717) is 11.8 Å². The van der Waals surface area contributed by atoms with E-state index < -0.39 is 0 Å². The lowest BCUT2D eigenvalue weighted by Gasteiger charge is -2.19. The molecule has 0 heterocycles. The van der Waals surface area contributed by atoms with Crippen molar-refractivity contribution < 1.29 is 0 Å². The predicted octanol–water partition coefficient (Wildman–Crippen LogP) is 2.08. The number of hydrogen-bond acceptors (Lipinski definition) is 2. The van der Waals surface area contributed by atoms with Crippen LogP contribution < -0.4 is 0 Å². The molecule has 0 aromatic carbocycles. The highest BCUT2D eigenvalue weighted by molar-refractivity contribution is 4.75. The van der Waals surface area contributed by atoms with E-state index in [1.807, 2.05) is 4.90 Å². The largest absolute Gasteiger partial charge is 0.310 e. The standard InChI is InChI=1S/C9H18N2/c1-8(2)5-11(7-10)6-9(3)4/h8-9H,5-6H2,1-4H3. The third-order valence-electron chi connectivity index (χ3n) is 1.31. The smallest absolute Gasteiger partial charge is 0.179 e. The summed E-state index contributed by atoms with van der Waals surface area (Å²) >= 11 is 0. The molecular formula is C9H18N2. The first-order chi connectivity index (χ1) is 5.06. The topological polar surface area (TPSA) is 27.0 Å². The molecule has 0 aromatic heterocycles. The van der Waals surface area contributed by atoms with Gasteiger partial charge in [0.15, 0.2) is 6.19 Å². The Morgan fingerprint density at radius 3 is 1.64 bits per heavy atom.